The van der Waals surface area contributed by atoms with Crippen LogP contribution >= 0.6 is 0 Å². The highest BCUT2D eigenvalue weighted by Crippen LogP contribution is 2.36. The Kier molecular flexibility index (Phi) is 3.15. The maximum atomic E-state index is 11.6. The quantitative estimate of drug-likeness (QED) is 0.895. The molecule has 0 aliphatic heterocycles. The van der Waals surface area contributed by atoms with Crippen molar-refractivity contribution in [2.45, 2.75) is 19.8 Å². The minimum atomic E-state index is -0.809. The molecule has 0 unspecified atom stereocenters. The molecule has 20 heavy (non-hydrogen) atoms. The van der Waals surface area contributed by atoms with Gasteiger partial charge in [-0.1, -0.05) is 54.1 Å². The third kappa shape index (κ3) is 2.14. The van der Waals surface area contributed by atoms with E-state index in [0.717, 1.165) is 28.7 Å². The lowest BCUT2D eigenvalue weighted by atomic mass is 9.81. The van der Waals surface area contributed by atoms with E-state index in [2.05, 4.69) is 18.2 Å². The van der Waals surface area contributed by atoms with E-state index in [-0.39, 0.29) is 0 Å². The Labute approximate surface area is 118 Å². The SMILES string of the molecule is Cc1ccc2c(c1)C(c1ccccc1)=C(C(=O)O)CC2. The molecule has 2 nitrogen and oxygen atoms in total. The van der Waals surface area contributed by atoms with Crippen LogP contribution in [0.2, 0.25) is 0 Å². The summed E-state index contributed by atoms with van der Waals surface area (Å²) in [4.78, 5) is 11.6. The van der Waals surface area contributed by atoms with Crippen molar-refractivity contribution in [3.8, 4) is 0 Å². The summed E-state index contributed by atoms with van der Waals surface area (Å²) in [5.74, 6) is -0.809. The first-order valence-electron chi connectivity index (χ1n) is 6.78. The highest BCUT2D eigenvalue weighted by atomic mass is 16.4. The zero-order chi connectivity index (χ0) is 14.1. The fourth-order valence-corrected chi connectivity index (χ4v) is 2.84. The number of aryl methyl sites for hydroxylation is 2. The molecule has 0 fully saturated rings. The smallest absolute Gasteiger partial charge is 0.332 e. The summed E-state index contributed by atoms with van der Waals surface area (Å²) >= 11 is 0. The summed E-state index contributed by atoms with van der Waals surface area (Å²) in [6.45, 7) is 2.04. The average molecular weight is 264 g/mol. The Morgan fingerprint density at radius 2 is 1.80 bits per heavy atom. The maximum Gasteiger partial charge on any atom is 0.332 e. The van der Waals surface area contributed by atoms with Crippen molar-refractivity contribution in [2.75, 3.05) is 0 Å². The van der Waals surface area contributed by atoms with Crippen LogP contribution in [0.3, 0.4) is 0 Å². The van der Waals surface area contributed by atoms with Gasteiger partial charge < -0.3 is 5.11 Å². The molecule has 3 rings (SSSR count). The topological polar surface area (TPSA) is 37.3 Å². The summed E-state index contributed by atoms with van der Waals surface area (Å²) in [6.07, 6.45) is 1.39. The predicted octanol–water partition coefficient (Wildman–Crippen LogP) is 3.83. The molecule has 1 N–H and O–H groups in total. The molecular weight excluding hydrogens is 248 g/mol. The number of rotatable bonds is 2. The molecule has 0 saturated carbocycles. The van der Waals surface area contributed by atoms with E-state index in [1.54, 1.807) is 0 Å². The van der Waals surface area contributed by atoms with Crippen molar-refractivity contribution in [2.24, 2.45) is 0 Å². The molecule has 0 aromatic heterocycles. The summed E-state index contributed by atoms with van der Waals surface area (Å²) < 4.78 is 0. The molecule has 0 heterocycles. The molecule has 0 saturated heterocycles. The fourth-order valence-electron chi connectivity index (χ4n) is 2.84. The zero-order valence-corrected chi connectivity index (χ0v) is 11.4. The molecule has 0 spiro atoms. The van der Waals surface area contributed by atoms with E-state index in [4.69, 9.17) is 0 Å². The van der Waals surface area contributed by atoms with Crippen LogP contribution in [0.1, 0.15) is 28.7 Å². The zero-order valence-electron chi connectivity index (χ0n) is 11.4. The van der Waals surface area contributed by atoms with Crippen LogP contribution in [0.25, 0.3) is 5.57 Å². The van der Waals surface area contributed by atoms with Gasteiger partial charge in [0.15, 0.2) is 0 Å². The molecule has 2 aromatic carbocycles. The lowest BCUT2D eigenvalue weighted by molar-refractivity contribution is -0.132. The molecule has 0 bridgehead atoms. The van der Waals surface area contributed by atoms with Crippen LogP contribution in [0.5, 0.6) is 0 Å². The second-order valence-corrected chi connectivity index (χ2v) is 5.19. The Bertz CT molecular complexity index is 697. The third-order valence-corrected chi connectivity index (χ3v) is 3.80. The highest BCUT2D eigenvalue weighted by molar-refractivity contribution is 6.02. The van der Waals surface area contributed by atoms with E-state index >= 15 is 0 Å². The normalized spacial score (nSPS) is 14.1. The van der Waals surface area contributed by atoms with Crippen molar-refractivity contribution in [3.63, 3.8) is 0 Å². The van der Waals surface area contributed by atoms with E-state index in [0.29, 0.717) is 12.0 Å². The summed E-state index contributed by atoms with van der Waals surface area (Å²) in [7, 11) is 0. The molecule has 1 aliphatic carbocycles. The number of hydrogen-bond acceptors (Lipinski definition) is 1. The van der Waals surface area contributed by atoms with Gasteiger partial charge in [-0.25, -0.2) is 4.79 Å². The second kappa shape index (κ2) is 4.97. The monoisotopic (exact) mass is 264 g/mol. The van der Waals surface area contributed by atoms with Gasteiger partial charge in [-0.15, -0.1) is 0 Å². The second-order valence-electron chi connectivity index (χ2n) is 5.19. The van der Waals surface area contributed by atoms with Gasteiger partial charge in [0.05, 0.1) is 0 Å². The Morgan fingerprint density at radius 3 is 2.50 bits per heavy atom. The van der Waals surface area contributed by atoms with Gasteiger partial charge in [0, 0.05) is 5.57 Å². The molecule has 2 aromatic rings. The maximum absolute atomic E-state index is 11.6. The summed E-state index contributed by atoms with van der Waals surface area (Å²) in [5, 5.41) is 9.51. The van der Waals surface area contributed by atoms with Crippen molar-refractivity contribution in [3.05, 3.63) is 76.4 Å². The van der Waals surface area contributed by atoms with Gasteiger partial charge in [-0.05, 0) is 42.0 Å². The number of carboxylic acid groups (broad SMARTS) is 1. The van der Waals surface area contributed by atoms with Crippen LogP contribution in [0.4, 0.5) is 0 Å². The van der Waals surface area contributed by atoms with E-state index in [1.165, 1.54) is 5.56 Å². The predicted molar refractivity (Wildman–Crippen MR) is 79.6 cm³/mol. The number of fused-ring (bicyclic) bond motifs is 1. The van der Waals surface area contributed by atoms with Gasteiger partial charge in [0.2, 0.25) is 0 Å². The van der Waals surface area contributed by atoms with Crippen molar-refractivity contribution in [1.82, 2.24) is 0 Å². The van der Waals surface area contributed by atoms with Crippen LogP contribution < -0.4 is 0 Å². The minimum absolute atomic E-state index is 0.523. The van der Waals surface area contributed by atoms with Crippen molar-refractivity contribution < 1.29 is 9.90 Å². The van der Waals surface area contributed by atoms with E-state index in [9.17, 15) is 9.90 Å². The van der Waals surface area contributed by atoms with Crippen LogP contribution in [-0.2, 0) is 11.2 Å². The first kappa shape index (κ1) is 12.7. The van der Waals surface area contributed by atoms with Gasteiger partial charge in [-0.2, -0.15) is 0 Å². The highest BCUT2D eigenvalue weighted by Gasteiger charge is 2.24. The molecule has 0 amide bonds. The van der Waals surface area contributed by atoms with Crippen molar-refractivity contribution >= 4 is 11.5 Å². The number of hydrogen-bond donors (Lipinski definition) is 1. The number of carbonyl (C=O) groups is 1. The summed E-state index contributed by atoms with van der Waals surface area (Å²) in [5.41, 5.74) is 5.84. The summed E-state index contributed by atoms with van der Waals surface area (Å²) in [6, 6.07) is 16.1. The lowest BCUT2D eigenvalue weighted by Gasteiger charge is -2.22. The Hall–Kier alpha value is -2.35. The molecule has 2 heteroatoms. The van der Waals surface area contributed by atoms with Crippen molar-refractivity contribution in [1.29, 1.82) is 0 Å². The van der Waals surface area contributed by atoms with Gasteiger partial charge >= 0.3 is 5.97 Å². The van der Waals surface area contributed by atoms with E-state index < -0.39 is 5.97 Å². The number of benzene rings is 2. The average Bonchev–Trinajstić information content (AvgIpc) is 2.46. The molecule has 100 valence electrons. The molecular formula is C18H16O2. The van der Waals surface area contributed by atoms with E-state index in [1.807, 2.05) is 37.3 Å². The minimum Gasteiger partial charge on any atom is -0.478 e. The standard InChI is InChI=1S/C18H16O2/c1-12-7-8-13-9-10-15(18(19)20)17(16(13)11-12)14-5-3-2-4-6-14/h2-8,11H,9-10H2,1H3,(H,19,20). The molecule has 0 atom stereocenters. The van der Waals surface area contributed by atoms with Crippen LogP contribution in [-0.4, -0.2) is 11.1 Å². The number of carboxylic acids is 1. The third-order valence-electron chi connectivity index (χ3n) is 3.80. The molecule has 1 aliphatic rings. The van der Waals surface area contributed by atoms with Gasteiger partial charge in [0.25, 0.3) is 0 Å². The number of aliphatic carboxylic acids is 1. The van der Waals surface area contributed by atoms with Gasteiger partial charge in [-0.3, -0.25) is 0 Å². The van der Waals surface area contributed by atoms with Crippen LogP contribution in [0.15, 0.2) is 54.1 Å². The first-order valence-corrected chi connectivity index (χ1v) is 6.78. The van der Waals surface area contributed by atoms with Gasteiger partial charge in [0.1, 0.15) is 0 Å². The molecule has 0 radical (unpaired) electrons. The Morgan fingerprint density at radius 1 is 1.05 bits per heavy atom. The largest absolute Gasteiger partial charge is 0.478 e. The first-order chi connectivity index (χ1) is 9.66. The fraction of sp³-hybridized carbons (Fsp3) is 0.167. The van der Waals surface area contributed by atoms with Crippen LogP contribution in [0, 0.1) is 6.92 Å². The Balaban J connectivity index is 2.29. The lowest BCUT2D eigenvalue weighted by Crippen LogP contribution is -2.13.